The van der Waals surface area contributed by atoms with E-state index in [-0.39, 0.29) is 5.70 Å². The van der Waals surface area contributed by atoms with Crippen molar-refractivity contribution in [3.8, 4) is 11.5 Å². The number of aryl methyl sites for hydroxylation is 1. The molecular weight excluding hydrogens is 306 g/mol. The van der Waals surface area contributed by atoms with Crippen LogP contribution in [0.15, 0.2) is 53.2 Å². The second kappa shape index (κ2) is 6.58. The molecule has 0 saturated carbocycles. The van der Waals surface area contributed by atoms with Crippen molar-refractivity contribution in [3.63, 3.8) is 0 Å². The fourth-order valence-corrected chi connectivity index (χ4v) is 2.30. The van der Waals surface area contributed by atoms with Crippen LogP contribution in [0.25, 0.3) is 6.08 Å². The van der Waals surface area contributed by atoms with Crippen molar-refractivity contribution < 1.29 is 19.0 Å². The van der Waals surface area contributed by atoms with Crippen molar-refractivity contribution in [3.05, 3.63) is 64.9 Å². The molecule has 0 saturated heterocycles. The molecule has 0 aromatic heterocycles. The van der Waals surface area contributed by atoms with Gasteiger partial charge in [-0.1, -0.05) is 17.7 Å². The largest absolute Gasteiger partial charge is 0.497 e. The number of benzene rings is 2. The molecule has 2 aromatic carbocycles. The predicted molar refractivity (Wildman–Crippen MR) is 91.3 cm³/mol. The summed E-state index contributed by atoms with van der Waals surface area (Å²) >= 11 is 0. The lowest BCUT2D eigenvalue weighted by molar-refractivity contribution is -0.129. The molecule has 0 amide bonds. The van der Waals surface area contributed by atoms with Gasteiger partial charge < -0.3 is 14.2 Å². The first-order valence-electron chi connectivity index (χ1n) is 7.42. The first kappa shape index (κ1) is 15.8. The third-order valence-corrected chi connectivity index (χ3v) is 3.60. The second-order valence-corrected chi connectivity index (χ2v) is 5.35. The number of hydrogen-bond donors (Lipinski definition) is 0. The Morgan fingerprint density at radius 3 is 2.21 bits per heavy atom. The molecular formula is C19H17NO4. The number of hydrogen-bond acceptors (Lipinski definition) is 5. The van der Waals surface area contributed by atoms with E-state index in [1.165, 1.54) is 0 Å². The van der Waals surface area contributed by atoms with Crippen LogP contribution in [0.4, 0.5) is 0 Å². The maximum Gasteiger partial charge on any atom is 0.363 e. The maximum absolute atomic E-state index is 12.1. The van der Waals surface area contributed by atoms with Gasteiger partial charge in [0.15, 0.2) is 5.70 Å². The van der Waals surface area contributed by atoms with Crippen LogP contribution in [0.5, 0.6) is 11.5 Å². The summed E-state index contributed by atoms with van der Waals surface area (Å²) in [6, 6.07) is 13.0. The van der Waals surface area contributed by atoms with Crippen LogP contribution in [-0.4, -0.2) is 26.1 Å². The average Bonchev–Trinajstić information content (AvgIpc) is 2.95. The molecule has 24 heavy (non-hydrogen) atoms. The summed E-state index contributed by atoms with van der Waals surface area (Å²) in [5, 5.41) is 0. The van der Waals surface area contributed by atoms with E-state index in [2.05, 4.69) is 4.99 Å². The Morgan fingerprint density at radius 2 is 1.62 bits per heavy atom. The topological polar surface area (TPSA) is 57.1 Å². The van der Waals surface area contributed by atoms with Crippen LogP contribution >= 0.6 is 0 Å². The van der Waals surface area contributed by atoms with Crippen molar-refractivity contribution in [2.24, 2.45) is 4.99 Å². The highest BCUT2D eigenvalue weighted by molar-refractivity contribution is 6.12. The average molecular weight is 323 g/mol. The van der Waals surface area contributed by atoms with Crippen LogP contribution in [0.2, 0.25) is 0 Å². The first-order valence-corrected chi connectivity index (χ1v) is 7.42. The number of carbonyl (C=O) groups is 1. The molecule has 1 heterocycles. The fraction of sp³-hybridized carbons (Fsp3) is 0.158. The number of carbonyl (C=O) groups excluding carboxylic acids is 1. The molecule has 0 aliphatic carbocycles. The van der Waals surface area contributed by atoms with Crippen LogP contribution in [-0.2, 0) is 9.53 Å². The Hall–Kier alpha value is -3.08. The van der Waals surface area contributed by atoms with Gasteiger partial charge in [-0.3, -0.25) is 0 Å². The lowest BCUT2D eigenvalue weighted by atomic mass is 10.1. The minimum atomic E-state index is -0.479. The molecule has 5 heteroatoms. The zero-order chi connectivity index (χ0) is 17.1. The van der Waals surface area contributed by atoms with Gasteiger partial charge in [0.25, 0.3) is 0 Å². The molecule has 0 unspecified atom stereocenters. The minimum Gasteiger partial charge on any atom is -0.497 e. The highest BCUT2D eigenvalue weighted by Gasteiger charge is 2.24. The summed E-state index contributed by atoms with van der Waals surface area (Å²) in [6.45, 7) is 1.99. The van der Waals surface area contributed by atoms with Crippen molar-refractivity contribution in [2.75, 3.05) is 14.2 Å². The predicted octanol–water partition coefficient (Wildman–Crippen LogP) is 3.36. The van der Waals surface area contributed by atoms with Crippen LogP contribution < -0.4 is 9.47 Å². The Labute approximate surface area is 140 Å². The number of cyclic esters (lactones) is 1. The van der Waals surface area contributed by atoms with Gasteiger partial charge in [0, 0.05) is 11.6 Å². The summed E-state index contributed by atoms with van der Waals surface area (Å²) in [5.41, 5.74) is 2.87. The van der Waals surface area contributed by atoms with Crippen molar-refractivity contribution >= 4 is 17.9 Å². The highest BCUT2D eigenvalue weighted by atomic mass is 16.6. The van der Waals surface area contributed by atoms with Crippen LogP contribution in [0, 0.1) is 6.92 Å². The SMILES string of the molecule is COc1cc(/C=C2\N=C(c3ccc(C)cc3)OC2=O)cc(OC)c1. The van der Waals surface area contributed by atoms with E-state index in [1.807, 2.05) is 31.2 Å². The molecule has 0 N–H and O–H groups in total. The Morgan fingerprint density at radius 1 is 1.00 bits per heavy atom. The summed E-state index contributed by atoms with van der Waals surface area (Å²) in [7, 11) is 3.15. The number of rotatable bonds is 4. The van der Waals surface area contributed by atoms with Gasteiger partial charge in [0.2, 0.25) is 5.90 Å². The zero-order valence-corrected chi connectivity index (χ0v) is 13.7. The summed E-state index contributed by atoms with van der Waals surface area (Å²) < 4.78 is 15.7. The molecule has 0 spiro atoms. The number of esters is 1. The van der Waals surface area contributed by atoms with Crippen molar-refractivity contribution in [1.82, 2.24) is 0 Å². The third-order valence-electron chi connectivity index (χ3n) is 3.60. The first-order chi connectivity index (χ1) is 11.6. The molecule has 0 atom stereocenters. The highest BCUT2D eigenvalue weighted by Crippen LogP contribution is 2.26. The standard InChI is InChI=1S/C19H17NO4/c1-12-4-6-14(7-5-12)18-20-17(19(21)24-18)10-13-8-15(22-2)11-16(9-13)23-3/h4-11H,1-3H3/b17-10-. The lowest BCUT2D eigenvalue weighted by Crippen LogP contribution is -2.05. The molecule has 1 aliphatic rings. The normalized spacial score (nSPS) is 15.2. The summed E-state index contributed by atoms with van der Waals surface area (Å²) in [6.07, 6.45) is 1.65. The summed E-state index contributed by atoms with van der Waals surface area (Å²) in [4.78, 5) is 16.4. The molecule has 0 bridgehead atoms. The van der Waals surface area contributed by atoms with E-state index in [1.54, 1.807) is 38.5 Å². The molecule has 1 aliphatic heterocycles. The van der Waals surface area contributed by atoms with Crippen molar-refractivity contribution in [2.45, 2.75) is 6.92 Å². The molecule has 0 radical (unpaired) electrons. The Bertz CT molecular complexity index is 813. The number of methoxy groups -OCH3 is 2. The van der Waals surface area contributed by atoms with E-state index in [4.69, 9.17) is 14.2 Å². The Kier molecular flexibility index (Phi) is 4.33. The van der Waals surface area contributed by atoms with Gasteiger partial charge >= 0.3 is 5.97 Å². The molecule has 2 aromatic rings. The Balaban J connectivity index is 1.95. The van der Waals surface area contributed by atoms with Crippen molar-refractivity contribution in [1.29, 1.82) is 0 Å². The van der Waals surface area contributed by atoms with E-state index < -0.39 is 5.97 Å². The monoisotopic (exact) mass is 323 g/mol. The molecule has 122 valence electrons. The van der Waals surface area contributed by atoms with E-state index in [0.717, 1.165) is 16.7 Å². The lowest BCUT2D eigenvalue weighted by Gasteiger charge is -2.05. The fourth-order valence-electron chi connectivity index (χ4n) is 2.30. The van der Waals surface area contributed by atoms with Gasteiger partial charge in [-0.25, -0.2) is 9.79 Å². The van der Waals surface area contributed by atoms with Gasteiger partial charge in [0.1, 0.15) is 11.5 Å². The number of ether oxygens (including phenoxy) is 3. The van der Waals surface area contributed by atoms with E-state index >= 15 is 0 Å². The summed E-state index contributed by atoms with van der Waals surface area (Å²) in [5.74, 6) is 1.10. The maximum atomic E-state index is 12.1. The third kappa shape index (κ3) is 3.30. The van der Waals surface area contributed by atoms with Gasteiger partial charge in [-0.2, -0.15) is 0 Å². The number of aliphatic imine (C=N–C) groups is 1. The minimum absolute atomic E-state index is 0.237. The van der Waals surface area contributed by atoms with E-state index in [0.29, 0.717) is 17.4 Å². The molecule has 0 fully saturated rings. The second-order valence-electron chi connectivity index (χ2n) is 5.35. The zero-order valence-electron chi connectivity index (χ0n) is 13.7. The van der Waals surface area contributed by atoms with Crippen LogP contribution in [0.1, 0.15) is 16.7 Å². The molecule has 3 rings (SSSR count). The van der Waals surface area contributed by atoms with Gasteiger partial charge in [0.05, 0.1) is 14.2 Å². The van der Waals surface area contributed by atoms with Gasteiger partial charge in [-0.05, 0) is 42.8 Å². The van der Waals surface area contributed by atoms with E-state index in [9.17, 15) is 4.79 Å². The smallest absolute Gasteiger partial charge is 0.363 e. The van der Waals surface area contributed by atoms with Crippen LogP contribution in [0.3, 0.4) is 0 Å². The number of nitrogens with zero attached hydrogens (tertiary/aromatic N) is 1. The van der Waals surface area contributed by atoms with Gasteiger partial charge in [-0.15, -0.1) is 0 Å². The quantitative estimate of drug-likeness (QED) is 0.639. The molecule has 5 nitrogen and oxygen atoms in total.